The van der Waals surface area contributed by atoms with Crippen molar-refractivity contribution in [1.29, 1.82) is 0 Å². The highest BCUT2D eigenvalue weighted by molar-refractivity contribution is 5.95. The summed E-state index contributed by atoms with van der Waals surface area (Å²) in [4.78, 5) is 44.6. The maximum Gasteiger partial charge on any atom is 0.308 e. The van der Waals surface area contributed by atoms with E-state index >= 15 is 0 Å². The maximum atomic E-state index is 14.3. The van der Waals surface area contributed by atoms with Crippen LogP contribution in [0, 0.1) is 18.7 Å². The Kier molecular flexibility index (Phi) is 10.8. The molecule has 2 amide bonds. The van der Waals surface area contributed by atoms with E-state index in [0.717, 1.165) is 49.0 Å². The van der Waals surface area contributed by atoms with Gasteiger partial charge in [0, 0.05) is 57.2 Å². The molecule has 0 saturated carbocycles. The van der Waals surface area contributed by atoms with Crippen LogP contribution in [0.5, 0.6) is 5.75 Å². The molecular formula is C34H46FN3O5. The molecule has 2 heterocycles. The average molecular weight is 596 g/mol. The number of amides is 2. The standard InChI is InChI=1S/C34H46FN3O5/c1-6-8-26(9-7-2)38(27-11-12-29(35)22(3)18-27)32(40)21-37-20-28(24-10-13-31-25(19-24)15-17-43-31)33(34(41)42)30(37)14-16-36(5)23(4)39/h10-13,18-19,26,28,30,33H,6-9,14-17,20-21H2,1-5H3,(H,41,42)/t28-,30+,33?/m1/s1. The van der Waals surface area contributed by atoms with Crippen molar-refractivity contribution in [1.82, 2.24) is 9.80 Å². The van der Waals surface area contributed by atoms with Gasteiger partial charge in [-0.1, -0.05) is 38.8 Å². The molecule has 234 valence electrons. The second-order valence-electron chi connectivity index (χ2n) is 12.1. The van der Waals surface area contributed by atoms with Crippen LogP contribution in [0.15, 0.2) is 36.4 Å². The first-order valence-electron chi connectivity index (χ1n) is 15.6. The van der Waals surface area contributed by atoms with Crippen molar-refractivity contribution in [3.05, 3.63) is 58.9 Å². The van der Waals surface area contributed by atoms with Crippen molar-refractivity contribution in [2.45, 2.75) is 84.2 Å². The fourth-order valence-electron chi connectivity index (χ4n) is 6.77. The summed E-state index contributed by atoms with van der Waals surface area (Å²) >= 11 is 0. The van der Waals surface area contributed by atoms with Gasteiger partial charge in [-0.25, -0.2) is 4.39 Å². The molecule has 1 saturated heterocycles. The van der Waals surface area contributed by atoms with Gasteiger partial charge in [0.15, 0.2) is 0 Å². The van der Waals surface area contributed by atoms with E-state index in [1.54, 1.807) is 31.0 Å². The van der Waals surface area contributed by atoms with Gasteiger partial charge >= 0.3 is 5.97 Å². The summed E-state index contributed by atoms with van der Waals surface area (Å²) in [6, 6.07) is 10.2. The maximum absolute atomic E-state index is 14.3. The smallest absolute Gasteiger partial charge is 0.308 e. The Balaban J connectivity index is 1.70. The molecule has 9 heteroatoms. The van der Waals surface area contributed by atoms with Gasteiger partial charge in [0.05, 0.1) is 19.1 Å². The molecule has 1 fully saturated rings. The molecule has 2 aromatic carbocycles. The van der Waals surface area contributed by atoms with Crippen LogP contribution in [0.1, 0.15) is 75.5 Å². The number of rotatable bonds is 13. The number of hydrogen-bond donors (Lipinski definition) is 1. The Labute approximate surface area is 254 Å². The summed E-state index contributed by atoms with van der Waals surface area (Å²) in [6.07, 6.45) is 4.60. The number of hydrogen-bond acceptors (Lipinski definition) is 5. The van der Waals surface area contributed by atoms with Crippen LogP contribution in [0.4, 0.5) is 10.1 Å². The number of fused-ring (bicyclic) bond motifs is 1. The minimum Gasteiger partial charge on any atom is -0.493 e. The molecule has 43 heavy (non-hydrogen) atoms. The Morgan fingerprint density at radius 2 is 1.84 bits per heavy atom. The largest absolute Gasteiger partial charge is 0.493 e. The van der Waals surface area contributed by atoms with E-state index in [1.807, 2.05) is 21.9 Å². The van der Waals surface area contributed by atoms with Crippen molar-refractivity contribution < 1.29 is 28.6 Å². The summed E-state index contributed by atoms with van der Waals surface area (Å²) in [5.41, 5.74) is 3.13. The van der Waals surface area contributed by atoms with E-state index in [9.17, 15) is 23.9 Å². The van der Waals surface area contributed by atoms with E-state index in [4.69, 9.17) is 4.74 Å². The summed E-state index contributed by atoms with van der Waals surface area (Å²) in [6.45, 7) is 8.80. The molecule has 1 N–H and O–H groups in total. The molecule has 4 rings (SSSR count). The van der Waals surface area contributed by atoms with Gasteiger partial charge in [0.2, 0.25) is 11.8 Å². The summed E-state index contributed by atoms with van der Waals surface area (Å²) in [5, 5.41) is 10.5. The molecule has 2 aliphatic heterocycles. The SMILES string of the molecule is CCCC(CCC)N(C(=O)CN1C[C@H](c2ccc3c(c2)CCO3)C(C(=O)O)[C@@H]1CCN(C)C(C)=O)c1ccc(F)c(C)c1. The number of nitrogens with zero attached hydrogens (tertiary/aromatic N) is 3. The number of carboxylic acid groups (broad SMARTS) is 1. The second kappa shape index (κ2) is 14.3. The predicted octanol–water partition coefficient (Wildman–Crippen LogP) is 5.41. The number of likely N-dealkylation sites (tertiary alicyclic amines) is 1. The zero-order valence-corrected chi connectivity index (χ0v) is 26.1. The van der Waals surface area contributed by atoms with Crippen molar-refractivity contribution in [3.8, 4) is 5.75 Å². The second-order valence-corrected chi connectivity index (χ2v) is 12.1. The van der Waals surface area contributed by atoms with E-state index in [0.29, 0.717) is 37.4 Å². The number of anilines is 1. The van der Waals surface area contributed by atoms with Gasteiger partial charge in [-0.3, -0.25) is 19.3 Å². The molecule has 0 radical (unpaired) electrons. The lowest BCUT2D eigenvalue weighted by Gasteiger charge is -2.35. The van der Waals surface area contributed by atoms with Crippen molar-refractivity contribution in [2.75, 3.05) is 38.2 Å². The number of carbonyl (C=O) groups excluding carboxylic acids is 2. The van der Waals surface area contributed by atoms with Crippen LogP contribution in [0.2, 0.25) is 0 Å². The minimum absolute atomic E-state index is 0.0309. The van der Waals surface area contributed by atoms with Crippen molar-refractivity contribution >= 4 is 23.5 Å². The van der Waals surface area contributed by atoms with Crippen LogP contribution in [-0.4, -0.2) is 78.1 Å². The monoisotopic (exact) mass is 595 g/mol. The van der Waals surface area contributed by atoms with E-state index in [1.165, 1.54) is 13.0 Å². The topological polar surface area (TPSA) is 90.4 Å². The third-order valence-electron chi connectivity index (χ3n) is 9.11. The molecule has 0 aliphatic carbocycles. The number of aryl methyl sites for hydroxylation is 1. The first-order valence-corrected chi connectivity index (χ1v) is 15.6. The molecule has 2 aromatic rings. The fraction of sp³-hybridized carbons (Fsp3) is 0.559. The number of carboxylic acids is 1. The van der Waals surface area contributed by atoms with Crippen LogP contribution >= 0.6 is 0 Å². The number of halogens is 1. The predicted molar refractivity (Wildman–Crippen MR) is 165 cm³/mol. The number of ether oxygens (including phenoxy) is 1. The molecular weight excluding hydrogens is 549 g/mol. The number of aliphatic carboxylic acids is 1. The van der Waals surface area contributed by atoms with Crippen LogP contribution in [0.25, 0.3) is 0 Å². The highest BCUT2D eigenvalue weighted by Gasteiger charge is 2.47. The fourth-order valence-corrected chi connectivity index (χ4v) is 6.77. The van der Waals surface area contributed by atoms with E-state index < -0.39 is 17.9 Å². The van der Waals surface area contributed by atoms with Crippen molar-refractivity contribution in [2.24, 2.45) is 5.92 Å². The molecule has 0 aromatic heterocycles. The van der Waals surface area contributed by atoms with Gasteiger partial charge in [0.25, 0.3) is 0 Å². The summed E-state index contributed by atoms with van der Waals surface area (Å²) < 4.78 is 19.9. The van der Waals surface area contributed by atoms with Gasteiger partial charge in [0.1, 0.15) is 11.6 Å². The molecule has 0 bridgehead atoms. The minimum atomic E-state index is -0.909. The van der Waals surface area contributed by atoms with Crippen molar-refractivity contribution in [3.63, 3.8) is 0 Å². The molecule has 8 nitrogen and oxygen atoms in total. The van der Waals surface area contributed by atoms with Gasteiger partial charge in [-0.05, 0) is 67.1 Å². The van der Waals surface area contributed by atoms with E-state index in [-0.39, 0.29) is 36.1 Å². The normalized spacial score (nSPS) is 19.7. The van der Waals surface area contributed by atoms with Crippen LogP contribution in [0.3, 0.4) is 0 Å². The Morgan fingerprint density at radius 1 is 1.12 bits per heavy atom. The first-order chi connectivity index (χ1) is 20.5. The zero-order chi connectivity index (χ0) is 31.3. The Hall–Kier alpha value is -3.46. The summed E-state index contributed by atoms with van der Waals surface area (Å²) in [7, 11) is 1.71. The lowest BCUT2D eigenvalue weighted by Crippen LogP contribution is -2.48. The highest BCUT2D eigenvalue weighted by Crippen LogP contribution is 2.41. The Morgan fingerprint density at radius 3 is 2.47 bits per heavy atom. The van der Waals surface area contributed by atoms with Gasteiger partial charge in [-0.15, -0.1) is 0 Å². The molecule has 0 spiro atoms. The first kappa shape index (κ1) is 32.5. The quantitative estimate of drug-likeness (QED) is 0.333. The summed E-state index contributed by atoms with van der Waals surface area (Å²) in [5.74, 6) is -1.70. The van der Waals surface area contributed by atoms with E-state index in [2.05, 4.69) is 19.9 Å². The highest BCUT2D eigenvalue weighted by atomic mass is 19.1. The number of benzene rings is 2. The Bertz CT molecular complexity index is 1310. The van der Waals surface area contributed by atoms with Crippen LogP contribution < -0.4 is 9.64 Å². The molecule has 1 unspecified atom stereocenters. The zero-order valence-electron chi connectivity index (χ0n) is 26.1. The lowest BCUT2D eigenvalue weighted by molar-refractivity contribution is -0.143. The lowest BCUT2D eigenvalue weighted by atomic mass is 9.83. The molecule has 3 atom stereocenters. The molecule has 2 aliphatic rings. The average Bonchev–Trinajstić information content (AvgIpc) is 3.58. The number of carbonyl (C=O) groups is 3. The third-order valence-corrected chi connectivity index (χ3v) is 9.11. The van der Waals surface area contributed by atoms with Gasteiger partial charge in [-0.2, -0.15) is 0 Å². The van der Waals surface area contributed by atoms with Gasteiger partial charge < -0.3 is 19.6 Å². The van der Waals surface area contributed by atoms with Crippen LogP contribution in [-0.2, 0) is 20.8 Å². The third kappa shape index (κ3) is 7.37.